The van der Waals surface area contributed by atoms with Crippen molar-refractivity contribution in [2.45, 2.75) is 12.3 Å². The van der Waals surface area contributed by atoms with Crippen LogP contribution in [0.3, 0.4) is 0 Å². The van der Waals surface area contributed by atoms with Gasteiger partial charge in [0.25, 0.3) is 0 Å². The minimum atomic E-state index is -2.48. The standard InChI is InChI=1S/C16H16ClN3O2S/c1-3-16(2,11-4-6-12(17)7-5-11)13-10-23-15(19-13)20-14(22)18-8-9-21/h1,4-7,10,21H,8-9H2,2H3,(H2,18,19,20,22)/t16-/m0/s1/i9D2. The molecular weight excluding hydrogens is 334 g/mol. The molecule has 2 aromatic rings. The molecule has 0 bridgehead atoms. The normalized spacial score (nSPS) is 14.9. The van der Waals surface area contributed by atoms with Gasteiger partial charge in [-0.1, -0.05) is 29.7 Å². The Kier molecular flexibility index (Phi) is 4.71. The smallest absolute Gasteiger partial charge is 0.321 e. The Hall–Kier alpha value is -2.07. The van der Waals surface area contributed by atoms with Crippen molar-refractivity contribution >= 4 is 34.1 Å². The van der Waals surface area contributed by atoms with E-state index in [9.17, 15) is 4.79 Å². The quantitative estimate of drug-likeness (QED) is 0.725. The zero-order valence-electron chi connectivity index (χ0n) is 14.3. The number of rotatable bonds is 5. The highest BCUT2D eigenvalue weighted by Crippen LogP contribution is 2.33. The van der Waals surface area contributed by atoms with E-state index in [2.05, 4.69) is 21.5 Å². The first-order chi connectivity index (χ1) is 11.6. The number of thiazole rings is 1. The Bertz CT molecular complexity index is 799. The Labute approximate surface area is 146 Å². The molecule has 3 N–H and O–H groups in total. The molecule has 1 aromatic carbocycles. The SMILES string of the molecule is [2H]C([2H])(O)CNC(=O)Nc1nc([C@@](C)(C#C)c2ccc(Cl)cc2)cs1. The lowest BCUT2D eigenvalue weighted by Gasteiger charge is -2.22. The van der Waals surface area contributed by atoms with Crippen LogP contribution in [0, 0.1) is 12.3 Å². The van der Waals surface area contributed by atoms with Crippen LogP contribution in [0.2, 0.25) is 5.02 Å². The molecule has 7 heteroatoms. The van der Waals surface area contributed by atoms with Gasteiger partial charge in [-0.3, -0.25) is 5.32 Å². The van der Waals surface area contributed by atoms with Gasteiger partial charge in [0.1, 0.15) is 0 Å². The van der Waals surface area contributed by atoms with Crippen molar-refractivity contribution in [2.24, 2.45) is 0 Å². The van der Waals surface area contributed by atoms with E-state index in [1.54, 1.807) is 17.5 Å². The lowest BCUT2D eigenvalue weighted by atomic mass is 9.81. The number of terminal acetylenes is 1. The van der Waals surface area contributed by atoms with E-state index >= 15 is 0 Å². The fourth-order valence-corrected chi connectivity index (χ4v) is 2.85. The molecule has 5 nitrogen and oxygen atoms in total. The summed E-state index contributed by atoms with van der Waals surface area (Å²) in [5, 5.41) is 16.3. The molecule has 0 spiro atoms. The average molecular weight is 352 g/mol. The average Bonchev–Trinajstić information content (AvgIpc) is 3.01. The first kappa shape index (κ1) is 14.5. The highest BCUT2D eigenvalue weighted by atomic mass is 35.5. The fraction of sp³-hybridized carbons (Fsp3) is 0.250. The molecule has 1 heterocycles. The molecule has 2 rings (SSSR count). The summed E-state index contributed by atoms with van der Waals surface area (Å²) in [4.78, 5) is 16.1. The molecule has 0 fully saturated rings. The second kappa shape index (κ2) is 7.47. The van der Waals surface area contributed by atoms with Crippen LogP contribution >= 0.6 is 22.9 Å². The number of benzene rings is 1. The van der Waals surface area contributed by atoms with Crippen molar-refractivity contribution in [3.05, 3.63) is 45.9 Å². The maximum atomic E-state index is 11.7. The predicted molar refractivity (Wildman–Crippen MR) is 93.0 cm³/mol. The van der Waals surface area contributed by atoms with Crippen LogP contribution in [-0.4, -0.2) is 29.2 Å². The van der Waals surface area contributed by atoms with Gasteiger partial charge >= 0.3 is 6.03 Å². The number of carbonyl (C=O) groups excluding carboxylic acids is 1. The topological polar surface area (TPSA) is 74.2 Å². The van der Waals surface area contributed by atoms with Gasteiger partial charge in [-0.25, -0.2) is 9.78 Å². The van der Waals surface area contributed by atoms with Gasteiger partial charge in [-0.2, -0.15) is 0 Å². The summed E-state index contributed by atoms with van der Waals surface area (Å²) in [6.45, 7) is -1.18. The molecule has 0 saturated carbocycles. The van der Waals surface area contributed by atoms with Gasteiger partial charge in [-0.15, -0.1) is 17.8 Å². The molecular formula is C16H16ClN3O2S. The van der Waals surface area contributed by atoms with E-state index in [0.29, 0.717) is 15.8 Å². The summed E-state index contributed by atoms with van der Waals surface area (Å²) in [6, 6.07) is 6.46. The molecule has 0 aliphatic rings. The number of urea groups is 1. The molecule has 2 amide bonds. The van der Waals surface area contributed by atoms with Crippen molar-refractivity contribution < 1.29 is 12.6 Å². The molecule has 0 aliphatic heterocycles. The second-order valence-electron chi connectivity index (χ2n) is 4.78. The molecule has 0 radical (unpaired) electrons. The zero-order valence-corrected chi connectivity index (χ0v) is 13.8. The predicted octanol–water partition coefficient (Wildman–Crippen LogP) is 2.85. The summed E-state index contributed by atoms with van der Waals surface area (Å²) in [5.74, 6) is 2.73. The lowest BCUT2D eigenvalue weighted by molar-refractivity contribution is 0.245. The minimum Gasteiger partial charge on any atom is -0.395 e. The number of aromatic nitrogens is 1. The van der Waals surface area contributed by atoms with E-state index in [-0.39, 0.29) is 0 Å². The van der Waals surface area contributed by atoms with Gasteiger partial charge < -0.3 is 10.4 Å². The van der Waals surface area contributed by atoms with Crippen LogP contribution in [0.5, 0.6) is 0 Å². The number of anilines is 1. The van der Waals surface area contributed by atoms with Crippen LogP contribution in [0.15, 0.2) is 29.6 Å². The number of halogens is 1. The Balaban J connectivity index is 2.15. The third-order valence-corrected chi connectivity index (χ3v) is 4.28. The molecule has 1 aromatic heterocycles. The largest absolute Gasteiger partial charge is 0.395 e. The van der Waals surface area contributed by atoms with Gasteiger partial charge in [0.2, 0.25) is 0 Å². The first-order valence-electron chi connectivity index (χ1n) is 7.61. The summed E-state index contributed by atoms with van der Waals surface area (Å²) in [7, 11) is 0. The summed E-state index contributed by atoms with van der Waals surface area (Å²) < 4.78 is 13.9. The number of carbonyl (C=O) groups is 1. The van der Waals surface area contributed by atoms with Gasteiger partial charge in [0.05, 0.1) is 20.4 Å². The van der Waals surface area contributed by atoms with Crippen molar-refractivity contribution in [1.29, 1.82) is 0 Å². The molecule has 1 atom stereocenters. The van der Waals surface area contributed by atoms with E-state index in [1.165, 1.54) is 11.3 Å². The third-order valence-electron chi connectivity index (χ3n) is 3.28. The van der Waals surface area contributed by atoms with E-state index in [4.69, 9.17) is 25.9 Å². The van der Waals surface area contributed by atoms with Crippen molar-refractivity contribution in [1.82, 2.24) is 10.3 Å². The van der Waals surface area contributed by atoms with Gasteiger partial charge in [0.15, 0.2) is 5.13 Å². The zero-order chi connectivity index (χ0) is 18.7. The third kappa shape index (κ3) is 4.02. The van der Waals surface area contributed by atoms with E-state index in [0.717, 1.165) is 5.56 Å². The Morgan fingerprint density at radius 1 is 1.57 bits per heavy atom. The Morgan fingerprint density at radius 3 is 2.87 bits per heavy atom. The molecule has 0 aliphatic carbocycles. The number of hydrogen-bond donors (Lipinski definition) is 3. The fourth-order valence-electron chi connectivity index (χ4n) is 1.91. The number of aliphatic hydroxyl groups is 1. The van der Waals surface area contributed by atoms with E-state index in [1.807, 2.05) is 19.1 Å². The molecule has 0 saturated heterocycles. The Morgan fingerprint density at radius 2 is 2.26 bits per heavy atom. The maximum Gasteiger partial charge on any atom is 0.321 e. The number of amides is 2. The van der Waals surface area contributed by atoms with Crippen LogP contribution in [0.4, 0.5) is 9.93 Å². The van der Waals surface area contributed by atoms with Gasteiger partial charge in [0, 0.05) is 16.9 Å². The van der Waals surface area contributed by atoms with Crippen LogP contribution < -0.4 is 10.6 Å². The van der Waals surface area contributed by atoms with Crippen molar-refractivity contribution in [3.63, 3.8) is 0 Å². The summed E-state index contributed by atoms with van der Waals surface area (Å²) >= 11 is 7.10. The minimum absolute atomic E-state index is 0.307. The molecule has 120 valence electrons. The highest BCUT2D eigenvalue weighted by Gasteiger charge is 2.29. The number of nitrogens with zero attached hydrogens (tertiary/aromatic N) is 1. The molecule has 23 heavy (non-hydrogen) atoms. The van der Waals surface area contributed by atoms with Gasteiger partial charge in [-0.05, 0) is 24.6 Å². The van der Waals surface area contributed by atoms with E-state index < -0.39 is 24.5 Å². The van der Waals surface area contributed by atoms with Crippen LogP contribution in [0.25, 0.3) is 0 Å². The number of hydrogen-bond acceptors (Lipinski definition) is 4. The van der Waals surface area contributed by atoms with Crippen molar-refractivity contribution in [2.75, 3.05) is 18.4 Å². The monoisotopic (exact) mass is 351 g/mol. The first-order valence-corrected chi connectivity index (χ1v) is 7.87. The number of nitrogens with one attached hydrogen (secondary N) is 2. The van der Waals surface area contributed by atoms with Crippen LogP contribution in [-0.2, 0) is 5.41 Å². The van der Waals surface area contributed by atoms with Crippen LogP contribution in [0.1, 0.15) is 20.9 Å². The lowest BCUT2D eigenvalue weighted by Crippen LogP contribution is -2.31. The van der Waals surface area contributed by atoms with Crippen molar-refractivity contribution in [3.8, 4) is 12.3 Å². The molecule has 0 unspecified atom stereocenters. The highest BCUT2D eigenvalue weighted by molar-refractivity contribution is 7.14. The maximum absolute atomic E-state index is 11.7. The summed E-state index contributed by atoms with van der Waals surface area (Å²) in [5.41, 5.74) is 0.643. The summed E-state index contributed by atoms with van der Waals surface area (Å²) in [6.07, 6.45) is 5.73. The second-order valence-corrected chi connectivity index (χ2v) is 6.07.